The van der Waals surface area contributed by atoms with E-state index in [2.05, 4.69) is 30.8 Å². The Bertz CT molecular complexity index is 295. The molecule has 15 heavy (non-hydrogen) atoms. The summed E-state index contributed by atoms with van der Waals surface area (Å²) in [4.78, 5) is 6.36. The molecule has 0 aromatic carbocycles. The molecule has 0 spiro atoms. The molecule has 0 saturated carbocycles. The molecule has 3 heteroatoms. The first-order valence-corrected chi connectivity index (χ1v) is 5.58. The van der Waals surface area contributed by atoms with Crippen LogP contribution in [-0.2, 0) is 6.54 Å². The van der Waals surface area contributed by atoms with E-state index in [1.807, 2.05) is 12.1 Å². The maximum Gasteiger partial charge on any atom is 0.123 e. The summed E-state index contributed by atoms with van der Waals surface area (Å²) < 4.78 is 0. The lowest BCUT2D eigenvalue weighted by Crippen LogP contribution is -2.29. The highest BCUT2D eigenvalue weighted by atomic mass is 15.1. The Morgan fingerprint density at radius 3 is 2.60 bits per heavy atom. The lowest BCUT2D eigenvalue weighted by Gasteiger charge is -2.26. The zero-order chi connectivity index (χ0) is 11.3. The first-order chi connectivity index (χ1) is 7.17. The van der Waals surface area contributed by atoms with Gasteiger partial charge in [-0.1, -0.05) is 13.8 Å². The fraction of sp³-hybridized carbons (Fsp3) is 0.583. The van der Waals surface area contributed by atoms with E-state index < -0.39 is 0 Å². The minimum absolute atomic E-state index is 0.602. The van der Waals surface area contributed by atoms with Crippen LogP contribution in [0.15, 0.2) is 18.3 Å². The van der Waals surface area contributed by atoms with Gasteiger partial charge in [-0.05, 0) is 37.6 Å². The molecule has 0 aliphatic heterocycles. The molecule has 0 bridgehead atoms. The molecule has 0 fully saturated rings. The smallest absolute Gasteiger partial charge is 0.123 e. The molecule has 0 radical (unpaired) electrons. The van der Waals surface area contributed by atoms with E-state index in [4.69, 9.17) is 5.73 Å². The zero-order valence-electron chi connectivity index (χ0n) is 9.90. The van der Waals surface area contributed by atoms with Crippen LogP contribution in [0.1, 0.15) is 32.3 Å². The van der Waals surface area contributed by atoms with Gasteiger partial charge in [-0.3, -0.25) is 4.90 Å². The number of nitrogens with two attached hydrogens (primary N) is 1. The minimum atomic E-state index is 0.602. The molecule has 0 atom stereocenters. The predicted molar refractivity (Wildman–Crippen MR) is 64.5 cm³/mol. The van der Waals surface area contributed by atoms with Gasteiger partial charge in [0.05, 0.1) is 0 Å². The van der Waals surface area contributed by atoms with Gasteiger partial charge in [0.15, 0.2) is 0 Å². The van der Waals surface area contributed by atoms with Gasteiger partial charge in [-0.25, -0.2) is 4.98 Å². The number of hydrogen-bond acceptors (Lipinski definition) is 3. The Labute approximate surface area is 92.3 Å². The van der Waals surface area contributed by atoms with E-state index in [1.165, 1.54) is 18.4 Å². The SMILES string of the molecule is CCC(CC)N(C)Cc1ccnc(N)c1. The molecule has 1 heterocycles. The standard InChI is InChI=1S/C12H21N3/c1-4-11(5-2)15(3)9-10-6-7-14-12(13)8-10/h6-8,11H,4-5,9H2,1-3H3,(H2,13,14). The van der Waals surface area contributed by atoms with E-state index in [0.717, 1.165) is 6.54 Å². The molecular formula is C12H21N3. The predicted octanol–water partition coefficient (Wildman–Crippen LogP) is 2.28. The summed E-state index contributed by atoms with van der Waals surface area (Å²) in [7, 11) is 2.16. The second kappa shape index (κ2) is 5.71. The zero-order valence-corrected chi connectivity index (χ0v) is 9.90. The molecule has 1 aromatic rings. The highest BCUT2D eigenvalue weighted by Gasteiger charge is 2.10. The first kappa shape index (κ1) is 12.0. The van der Waals surface area contributed by atoms with Crippen molar-refractivity contribution in [3.8, 4) is 0 Å². The summed E-state index contributed by atoms with van der Waals surface area (Å²) in [6, 6.07) is 4.62. The fourth-order valence-electron chi connectivity index (χ4n) is 1.92. The molecule has 0 aliphatic rings. The van der Waals surface area contributed by atoms with Crippen LogP contribution in [-0.4, -0.2) is 23.0 Å². The van der Waals surface area contributed by atoms with Crippen molar-refractivity contribution in [3.63, 3.8) is 0 Å². The molecule has 3 nitrogen and oxygen atoms in total. The third kappa shape index (κ3) is 3.51. The number of hydrogen-bond donors (Lipinski definition) is 1. The van der Waals surface area contributed by atoms with E-state index in [0.29, 0.717) is 11.9 Å². The van der Waals surface area contributed by atoms with Crippen molar-refractivity contribution in [1.29, 1.82) is 0 Å². The number of anilines is 1. The topological polar surface area (TPSA) is 42.2 Å². The lowest BCUT2D eigenvalue weighted by molar-refractivity contribution is 0.222. The number of rotatable bonds is 5. The molecule has 0 unspecified atom stereocenters. The van der Waals surface area contributed by atoms with Crippen molar-refractivity contribution < 1.29 is 0 Å². The van der Waals surface area contributed by atoms with Gasteiger partial charge in [-0.2, -0.15) is 0 Å². The van der Waals surface area contributed by atoms with Crippen molar-refractivity contribution in [1.82, 2.24) is 9.88 Å². The average Bonchev–Trinajstić information content (AvgIpc) is 2.19. The summed E-state index contributed by atoms with van der Waals surface area (Å²) in [5, 5.41) is 0. The number of aromatic nitrogens is 1. The van der Waals surface area contributed by atoms with Crippen LogP contribution in [0.2, 0.25) is 0 Å². The monoisotopic (exact) mass is 207 g/mol. The maximum atomic E-state index is 5.65. The second-order valence-corrected chi connectivity index (χ2v) is 3.97. The van der Waals surface area contributed by atoms with Gasteiger partial charge in [-0.15, -0.1) is 0 Å². The Balaban J connectivity index is 2.61. The fourth-order valence-corrected chi connectivity index (χ4v) is 1.92. The molecule has 0 amide bonds. The van der Waals surface area contributed by atoms with E-state index in [1.54, 1.807) is 6.20 Å². The quantitative estimate of drug-likeness (QED) is 0.805. The highest BCUT2D eigenvalue weighted by Crippen LogP contribution is 2.12. The van der Waals surface area contributed by atoms with Crippen LogP contribution in [0.5, 0.6) is 0 Å². The molecule has 0 saturated heterocycles. The Hall–Kier alpha value is -1.09. The molecule has 1 aromatic heterocycles. The van der Waals surface area contributed by atoms with Gasteiger partial charge in [0.25, 0.3) is 0 Å². The molecule has 0 aliphatic carbocycles. The van der Waals surface area contributed by atoms with Crippen LogP contribution in [0.3, 0.4) is 0 Å². The molecule has 1 rings (SSSR count). The lowest BCUT2D eigenvalue weighted by atomic mass is 10.1. The molecular weight excluding hydrogens is 186 g/mol. The summed E-state index contributed by atoms with van der Waals surface area (Å²) in [5.41, 5.74) is 6.88. The third-order valence-corrected chi connectivity index (χ3v) is 2.84. The summed E-state index contributed by atoms with van der Waals surface area (Å²) in [6.45, 7) is 5.40. The van der Waals surface area contributed by atoms with Crippen LogP contribution < -0.4 is 5.73 Å². The van der Waals surface area contributed by atoms with Crippen LogP contribution in [0.4, 0.5) is 5.82 Å². The highest BCUT2D eigenvalue weighted by molar-refractivity contribution is 5.31. The van der Waals surface area contributed by atoms with Gasteiger partial charge >= 0.3 is 0 Å². The van der Waals surface area contributed by atoms with Gasteiger partial charge in [0.2, 0.25) is 0 Å². The van der Waals surface area contributed by atoms with Gasteiger partial charge < -0.3 is 5.73 Å². The minimum Gasteiger partial charge on any atom is -0.384 e. The van der Waals surface area contributed by atoms with Crippen molar-refractivity contribution in [3.05, 3.63) is 23.9 Å². The average molecular weight is 207 g/mol. The number of nitrogens with zero attached hydrogens (tertiary/aromatic N) is 2. The van der Waals surface area contributed by atoms with E-state index in [9.17, 15) is 0 Å². The molecule has 84 valence electrons. The van der Waals surface area contributed by atoms with Crippen molar-refractivity contribution >= 4 is 5.82 Å². The largest absolute Gasteiger partial charge is 0.384 e. The summed E-state index contributed by atoms with van der Waals surface area (Å²) in [5.74, 6) is 0.602. The van der Waals surface area contributed by atoms with E-state index >= 15 is 0 Å². The number of pyridine rings is 1. The van der Waals surface area contributed by atoms with Gasteiger partial charge in [0, 0.05) is 18.8 Å². The van der Waals surface area contributed by atoms with Crippen LogP contribution in [0.25, 0.3) is 0 Å². The maximum absolute atomic E-state index is 5.65. The summed E-state index contributed by atoms with van der Waals surface area (Å²) >= 11 is 0. The normalized spacial score (nSPS) is 11.3. The second-order valence-electron chi connectivity index (χ2n) is 3.97. The molecule has 2 N–H and O–H groups in total. The van der Waals surface area contributed by atoms with Crippen molar-refractivity contribution in [2.75, 3.05) is 12.8 Å². The Morgan fingerprint density at radius 2 is 2.07 bits per heavy atom. The van der Waals surface area contributed by atoms with Gasteiger partial charge in [0.1, 0.15) is 5.82 Å². The van der Waals surface area contributed by atoms with Crippen LogP contribution >= 0.6 is 0 Å². The third-order valence-electron chi connectivity index (χ3n) is 2.84. The Kier molecular flexibility index (Phi) is 4.56. The summed E-state index contributed by atoms with van der Waals surface area (Å²) in [6.07, 6.45) is 4.15. The van der Waals surface area contributed by atoms with Crippen molar-refractivity contribution in [2.45, 2.75) is 39.3 Å². The Morgan fingerprint density at radius 1 is 1.40 bits per heavy atom. The van der Waals surface area contributed by atoms with E-state index in [-0.39, 0.29) is 0 Å². The number of nitrogen functional groups attached to an aromatic ring is 1. The first-order valence-electron chi connectivity index (χ1n) is 5.58. The van der Waals surface area contributed by atoms with Crippen LogP contribution in [0, 0.1) is 0 Å². The van der Waals surface area contributed by atoms with Crippen molar-refractivity contribution in [2.24, 2.45) is 0 Å².